The van der Waals surface area contributed by atoms with E-state index in [1.165, 1.54) is 4.88 Å². The third-order valence-corrected chi connectivity index (χ3v) is 2.31. The molecule has 10 heavy (non-hydrogen) atoms. The summed E-state index contributed by atoms with van der Waals surface area (Å²) in [5.41, 5.74) is 0. The van der Waals surface area contributed by atoms with Crippen molar-refractivity contribution in [3.05, 3.63) is 27.4 Å². The molecular formula is C8H9ClS. The highest BCUT2D eigenvalue weighted by atomic mass is 35.5. The van der Waals surface area contributed by atoms with Crippen molar-refractivity contribution in [1.29, 1.82) is 0 Å². The van der Waals surface area contributed by atoms with Crippen LogP contribution in [0.2, 0.25) is 4.34 Å². The number of allylic oxidation sites excluding steroid dienone is 1. The zero-order valence-electron chi connectivity index (χ0n) is 5.80. The molecule has 2 heteroatoms. The minimum absolute atomic E-state index is 0.857. The smallest absolute Gasteiger partial charge is 0.0934 e. The van der Waals surface area contributed by atoms with E-state index in [0.29, 0.717) is 0 Å². The number of hydrogen-bond donors (Lipinski definition) is 0. The van der Waals surface area contributed by atoms with Crippen LogP contribution in [0.25, 0.3) is 6.08 Å². The predicted molar refractivity (Wildman–Crippen MR) is 48.7 cm³/mol. The fraction of sp³-hybridized carbons (Fsp3) is 0.250. The van der Waals surface area contributed by atoms with Gasteiger partial charge in [-0.25, -0.2) is 0 Å². The Balaban J connectivity index is 2.67. The third-order valence-electron chi connectivity index (χ3n) is 1.11. The normalized spacial score (nSPS) is 11.0. The first-order valence-electron chi connectivity index (χ1n) is 3.25. The summed E-state index contributed by atoms with van der Waals surface area (Å²) in [4.78, 5) is 1.23. The lowest BCUT2D eigenvalue weighted by atomic mass is 10.4. The van der Waals surface area contributed by atoms with Crippen molar-refractivity contribution in [3.63, 3.8) is 0 Å². The van der Waals surface area contributed by atoms with Gasteiger partial charge in [0.25, 0.3) is 0 Å². The topological polar surface area (TPSA) is 0 Å². The van der Waals surface area contributed by atoms with E-state index in [9.17, 15) is 0 Å². The van der Waals surface area contributed by atoms with Crippen LogP contribution >= 0.6 is 22.9 Å². The van der Waals surface area contributed by atoms with Gasteiger partial charge in [0, 0.05) is 4.88 Å². The minimum Gasteiger partial charge on any atom is -0.124 e. The van der Waals surface area contributed by atoms with Gasteiger partial charge in [0.2, 0.25) is 0 Å². The van der Waals surface area contributed by atoms with Crippen LogP contribution in [0, 0.1) is 0 Å². The summed E-state index contributed by atoms with van der Waals surface area (Å²) in [7, 11) is 0. The molecule has 0 amide bonds. The van der Waals surface area contributed by atoms with Gasteiger partial charge in [-0.1, -0.05) is 24.6 Å². The largest absolute Gasteiger partial charge is 0.124 e. The first-order chi connectivity index (χ1) is 4.83. The molecule has 1 aromatic heterocycles. The average Bonchev–Trinajstić information content (AvgIpc) is 2.31. The molecule has 0 aliphatic carbocycles. The van der Waals surface area contributed by atoms with Gasteiger partial charge in [-0.3, -0.25) is 0 Å². The fourth-order valence-corrected chi connectivity index (χ4v) is 1.64. The van der Waals surface area contributed by atoms with Gasteiger partial charge in [-0.05, 0) is 24.6 Å². The first-order valence-corrected chi connectivity index (χ1v) is 4.44. The van der Waals surface area contributed by atoms with E-state index >= 15 is 0 Å². The quantitative estimate of drug-likeness (QED) is 0.636. The molecule has 1 heterocycles. The molecule has 0 unspecified atom stereocenters. The maximum Gasteiger partial charge on any atom is 0.0934 e. The monoisotopic (exact) mass is 172 g/mol. The lowest BCUT2D eigenvalue weighted by Gasteiger charge is -1.79. The van der Waals surface area contributed by atoms with Crippen molar-refractivity contribution < 1.29 is 0 Å². The molecule has 0 aliphatic heterocycles. The van der Waals surface area contributed by atoms with Gasteiger partial charge in [0.05, 0.1) is 4.34 Å². The molecule has 1 rings (SSSR count). The molecule has 0 aliphatic rings. The Morgan fingerprint density at radius 1 is 1.60 bits per heavy atom. The van der Waals surface area contributed by atoms with Crippen molar-refractivity contribution in [2.45, 2.75) is 13.3 Å². The van der Waals surface area contributed by atoms with E-state index in [1.54, 1.807) is 11.3 Å². The van der Waals surface area contributed by atoms with Crippen molar-refractivity contribution in [2.24, 2.45) is 0 Å². The molecule has 0 radical (unpaired) electrons. The van der Waals surface area contributed by atoms with Crippen LogP contribution in [0.5, 0.6) is 0 Å². The van der Waals surface area contributed by atoms with Gasteiger partial charge in [0.1, 0.15) is 0 Å². The molecule has 0 fully saturated rings. The molecule has 0 aromatic carbocycles. The summed E-state index contributed by atoms with van der Waals surface area (Å²) in [5.74, 6) is 0. The van der Waals surface area contributed by atoms with E-state index < -0.39 is 0 Å². The van der Waals surface area contributed by atoms with E-state index in [-0.39, 0.29) is 0 Å². The SMILES string of the molecule is CC/C=C/c1ccc(Cl)s1. The van der Waals surface area contributed by atoms with Gasteiger partial charge in [-0.2, -0.15) is 0 Å². The van der Waals surface area contributed by atoms with Gasteiger partial charge >= 0.3 is 0 Å². The van der Waals surface area contributed by atoms with Crippen LogP contribution in [0.4, 0.5) is 0 Å². The van der Waals surface area contributed by atoms with Crippen LogP contribution < -0.4 is 0 Å². The number of halogens is 1. The highest BCUT2D eigenvalue weighted by Gasteiger charge is 1.90. The summed E-state index contributed by atoms with van der Waals surface area (Å²) >= 11 is 7.33. The number of hydrogen-bond acceptors (Lipinski definition) is 1. The molecule has 0 saturated carbocycles. The Hall–Kier alpha value is -0.270. The Morgan fingerprint density at radius 3 is 2.90 bits per heavy atom. The lowest BCUT2D eigenvalue weighted by Crippen LogP contribution is -1.54. The third kappa shape index (κ3) is 2.16. The average molecular weight is 173 g/mol. The molecule has 0 bridgehead atoms. The van der Waals surface area contributed by atoms with Crippen molar-refractivity contribution >= 4 is 29.0 Å². The molecule has 0 nitrogen and oxygen atoms in total. The lowest BCUT2D eigenvalue weighted by molar-refractivity contribution is 1.23. The highest BCUT2D eigenvalue weighted by molar-refractivity contribution is 7.16. The van der Waals surface area contributed by atoms with Gasteiger partial charge in [-0.15, -0.1) is 11.3 Å². The Morgan fingerprint density at radius 2 is 2.40 bits per heavy atom. The highest BCUT2D eigenvalue weighted by Crippen LogP contribution is 2.22. The first kappa shape index (κ1) is 7.83. The Labute approximate surface area is 70.1 Å². The molecular weight excluding hydrogens is 164 g/mol. The van der Waals surface area contributed by atoms with Gasteiger partial charge in [0.15, 0.2) is 0 Å². The summed E-state index contributed by atoms with van der Waals surface area (Å²) in [6.07, 6.45) is 5.30. The van der Waals surface area contributed by atoms with Crippen molar-refractivity contribution in [1.82, 2.24) is 0 Å². The second-order valence-corrected chi connectivity index (χ2v) is 3.70. The molecule has 54 valence electrons. The summed E-state index contributed by atoms with van der Waals surface area (Å²) in [5, 5.41) is 0. The standard InChI is InChI=1S/C8H9ClS/c1-2-3-4-7-5-6-8(9)10-7/h3-6H,2H2,1H3/b4-3+. The van der Waals surface area contributed by atoms with Crippen molar-refractivity contribution in [2.75, 3.05) is 0 Å². The van der Waals surface area contributed by atoms with Crippen LogP contribution in [-0.4, -0.2) is 0 Å². The molecule has 0 atom stereocenters. The van der Waals surface area contributed by atoms with Crippen LogP contribution in [0.3, 0.4) is 0 Å². The molecule has 0 saturated heterocycles. The summed E-state index contributed by atoms with van der Waals surface area (Å²) < 4.78 is 0.857. The minimum atomic E-state index is 0.857. The van der Waals surface area contributed by atoms with Crippen LogP contribution in [0.1, 0.15) is 18.2 Å². The van der Waals surface area contributed by atoms with Crippen LogP contribution in [0.15, 0.2) is 18.2 Å². The van der Waals surface area contributed by atoms with E-state index in [1.807, 2.05) is 12.1 Å². The Kier molecular flexibility index (Phi) is 2.97. The second-order valence-electron chi connectivity index (χ2n) is 1.95. The zero-order valence-corrected chi connectivity index (χ0v) is 7.38. The zero-order chi connectivity index (χ0) is 7.40. The molecule has 1 aromatic rings. The Bertz CT molecular complexity index is 225. The summed E-state index contributed by atoms with van der Waals surface area (Å²) in [6, 6.07) is 3.95. The van der Waals surface area contributed by atoms with Gasteiger partial charge < -0.3 is 0 Å². The van der Waals surface area contributed by atoms with E-state index in [2.05, 4.69) is 19.1 Å². The fourth-order valence-electron chi connectivity index (χ4n) is 0.652. The number of thiophene rings is 1. The van der Waals surface area contributed by atoms with Crippen molar-refractivity contribution in [3.8, 4) is 0 Å². The van der Waals surface area contributed by atoms with Crippen LogP contribution in [-0.2, 0) is 0 Å². The molecule has 0 spiro atoms. The van der Waals surface area contributed by atoms with E-state index in [4.69, 9.17) is 11.6 Å². The summed E-state index contributed by atoms with van der Waals surface area (Å²) in [6.45, 7) is 2.12. The maximum absolute atomic E-state index is 5.72. The predicted octanol–water partition coefficient (Wildman–Crippen LogP) is 3.82. The maximum atomic E-state index is 5.72. The van der Waals surface area contributed by atoms with E-state index in [0.717, 1.165) is 10.8 Å². The number of rotatable bonds is 2. The second kappa shape index (κ2) is 3.79. The molecule has 0 N–H and O–H groups in total.